The molecular formula is C18H16BN3O4. The molecule has 0 aliphatic carbocycles. The van der Waals surface area contributed by atoms with Gasteiger partial charge in [0.15, 0.2) is 0 Å². The first kappa shape index (κ1) is 16.3. The summed E-state index contributed by atoms with van der Waals surface area (Å²) >= 11 is 0. The zero-order valence-electron chi connectivity index (χ0n) is 13.9. The van der Waals surface area contributed by atoms with Crippen molar-refractivity contribution in [1.29, 1.82) is 0 Å². The van der Waals surface area contributed by atoms with E-state index in [9.17, 15) is 14.9 Å². The second kappa shape index (κ2) is 6.64. The van der Waals surface area contributed by atoms with Crippen LogP contribution in [0, 0.1) is 0 Å². The Kier molecular flexibility index (Phi) is 4.18. The maximum absolute atomic E-state index is 11.8. The second-order valence-electron chi connectivity index (χ2n) is 6.17. The number of carboxylic acid groups (broad SMARTS) is 1. The third-order valence-corrected chi connectivity index (χ3v) is 4.39. The lowest BCUT2D eigenvalue weighted by Crippen LogP contribution is -2.28. The van der Waals surface area contributed by atoms with Crippen molar-refractivity contribution in [2.24, 2.45) is 0 Å². The van der Waals surface area contributed by atoms with Crippen molar-refractivity contribution < 1.29 is 19.6 Å². The van der Waals surface area contributed by atoms with Crippen LogP contribution in [0.4, 0.5) is 0 Å². The van der Waals surface area contributed by atoms with Gasteiger partial charge in [-0.1, -0.05) is 47.7 Å². The van der Waals surface area contributed by atoms with E-state index in [1.54, 1.807) is 16.9 Å². The maximum atomic E-state index is 11.8. The van der Waals surface area contributed by atoms with Crippen molar-refractivity contribution in [3.8, 4) is 17.0 Å². The van der Waals surface area contributed by atoms with Crippen molar-refractivity contribution in [2.45, 2.75) is 19.3 Å². The van der Waals surface area contributed by atoms with Crippen LogP contribution in [-0.4, -0.2) is 38.2 Å². The van der Waals surface area contributed by atoms with Gasteiger partial charge in [0.05, 0.1) is 12.7 Å². The number of aromatic carboxylic acids is 1. The summed E-state index contributed by atoms with van der Waals surface area (Å²) in [6.07, 6.45) is 2.81. The van der Waals surface area contributed by atoms with Crippen LogP contribution in [0.3, 0.4) is 0 Å². The number of hydrogen-bond acceptors (Lipinski definition) is 5. The Labute approximate surface area is 150 Å². The molecule has 4 rings (SSSR count). The molecule has 1 aromatic heterocycles. The highest BCUT2D eigenvalue weighted by molar-refractivity contribution is 6.44. The molecule has 7 nitrogen and oxygen atoms in total. The topological polar surface area (TPSA) is 97.5 Å². The second-order valence-corrected chi connectivity index (χ2v) is 6.17. The molecule has 0 unspecified atom stereocenters. The van der Waals surface area contributed by atoms with Gasteiger partial charge < -0.3 is 14.8 Å². The van der Waals surface area contributed by atoms with E-state index in [0.717, 1.165) is 11.1 Å². The van der Waals surface area contributed by atoms with Crippen molar-refractivity contribution >= 4 is 13.1 Å². The lowest BCUT2D eigenvalue weighted by Gasteiger charge is -2.23. The average Bonchev–Trinajstić information content (AvgIpc) is 3.10. The van der Waals surface area contributed by atoms with E-state index in [2.05, 4.69) is 10.3 Å². The minimum absolute atomic E-state index is 0.0676. The lowest BCUT2D eigenvalue weighted by atomic mass is 9.78. The number of carboxylic acids is 1. The number of rotatable bonds is 4. The Morgan fingerprint density at radius 3 is 2.81 bits per heavy atom. The van der Waals surface area contributed by atoms with E-state index in [-0.39, 0.29) is 17.9 Å². The highest BCUT2D eigenvalue weighted by atomic mass is 16.5. The first-order valence-electron chi connectivity index (χ1n) is 8.30. The van der Waals surface area contributed by atoms with E-state index in [0.29, 0.717) is 24.0 Å². The molecule has 1 aliphatic rings. The number of fused-ring (bicyclic) bond motifs is 1. The van der Waals surface area contributed by atoms with Gasteiger partial charge in [0, 0.05) is 5.56 Å². The first-order valence-corrected chi connectivity index (χ1v) is 8.30. The molecule has 0 radical (unpaired) electrons. The van der Waals surface area contributed by atoms with E-state index in [1.165, 1.54) is 0 Å². The van der Waals surface area contributed by atoms with Gasteiger partial charge in [-0.3, -0.25) is 0 Å². The van der Waals surface area contributed by atoms with Crippen LogP contribution in [0.2, 0.25) is 6.32 Å². The minimum atomic E-state index is -1.09. The number of aromatic nitrogens is 3. The Morgan fingerprint density at radius 1 is 1.23 bits per heavy atom. The molecule has 3 aromatic rings. The van der Waals surface area contributed by atoms with Gasteiger partial charge in [-0.15, -0.1) is 5.10 Å². The molecule has 0 saturated heterocycles. The molecule has 26 heavy (non-hydrogen) atoms. The van der Waals surface area contributed by atoms with Gasteiger partial charge in [0.1, 0.15) is 17.0 Å². The average molecular weight is 349 g/mol. The maximum Gasteiger partial charge on any atom is 0.522 e. The number of aryl methyl sites for hydroxylation is 1. The smallest absolute Gasteiger partial charge is 0.522 e. The normalized spacial score (nSPS) is 13.2. The molecule has 0 atom stereocenters. The molecule has 0 amide bonds. The summed E-state index contributed by atoms with van der Waals surface area (Å²) in [5.74, 6) is -0.841. The molecule has 0 saturated carbocycles. The summed E-state index contributed by atoms with van der Waals surface area (Å²) in [5, 5.41) is 27.6. The largest absolute Gasteiger partial charge is 0.535 e. The molecule has 130 valence electrons. The van der Waals surface area contributed by atoms with E-state index >= 15 is 0 Å². The van der Waals surface area contributed by atoms with Gasteiger partial charge in [-0.25, -0.2) is 9.48 Å². The number of nitrogens with zero attached hydrogens (tertiary/aromatic N) is 3. The van der Waals surface area contributed by atoms with E-state index in [1.807, 2.05) is 36.4 Å². The monoisotopic (exact) mass is 349 g/mol. The number of carbonyl (C=O) groups is 1. The highest BCUT2D eigenvalue weighted by Gasteiger charge is 2.29. The molecular weight excluding hydrogens is 333 g/mol. The van der Waals surface area contributed by atoms with Gasteiger partial charge in [0.2, 0.25) is 0 Å². The molecule has 0 bridgehead atoms. The Morgan fingerprint density at radius 2 is 2.04 bits per heavy atom. The molecule has 1 aliphatic heterocycles. The van der Waals surface area contributed by atoms with Crippen molar-refractivity contribution in [2.75, 3.05) is 0 Å². The van der Waals surface area contributed by atoms with E-state index < -0.39 is 13.1 Å². The molecule has 0 spiro atoms. The standard InChI is InChI=1S/C18H16BN3O4/c23-18(24)16-14(7-6-13-8-9-19(25)26-17(13)16)10-22-11-15(20-21-22)12-4-2-1-3-5-12/h1-7,11,25H,8-10H2,(H,23,24). The molecule has 2 N–H and O–H groups in total. The molecule has 2 aromatic carbocycles. The van der Waals surface area contributed by atoms with Gasteiger partial charge in [-0.05, 0) is 23.9 Å². The summed E-state index contributed by atoms with van der Waals surface area (Å²) in [6, 6.07) is 13.3. The van der Waals surface area contributed by atoms with Crippen LogP contribution in [0.25, 0.3) is 11.3 Å². The van der Waals surface area contributed by atoms with Gasteiger partial charge in [0.25, 0.3) is 0 Å². The predicted molar refractivity (Wildman–Crippen MR) is 95.1 cm³/mol. The fourth-order valence-corrected chi connectivity index (χ4v) is 3.13. The first-order chi connectivity index (χ1) is 12.6. The van der Waals surface area contributed by atoms with Crippen LogP contribution >= 0.6 is 0 Å². The number of hydrogen-bond donors (Lipinski definition) is 2. The summed E-state index contributed by atoms with van der Waals surface area (Å²) in [6.45, 7) is 0.244. The molecule has 2 heterocycles. The summed E-state index contributed by atoms with van der Waals surface area (Å²) in [7, 11) is -0.980. The van der Waals surface area contributed by atoms with Crippen LogP contribution in [-0.2, 0) is 13.0 Å². The van der Waals surface area contributed by atoms with Crippen LogP contribution in [0.5, 0.6) is 5.75 Å². The third-order valence-electron chi connectivity index (χ3n) is 4.39. The Balaban J connectivity index is 1.68. The summed E-state index contributed by atoms with van der Waals surface area (Å²) in [4.78, 5) is 11.8. The zero-order chi connectivity index (χ0) is 18.1. The van der Waals surface area contributed by atoms with Gasteiger partial charge >= 0.3 is 13.1 Å². The van der Waals surface area contributed by atoms with Gasteiger partial charge in [-0.2, -0.15) is 0 Å². The van der Waals surface area contributed by atoms with Crippen LogP contribution in [0.1, 0.15) is 21.5 Å². The molecule has 0 fully saturated rings. The lowest BCUT2D eigenvalue weighted by molar-refractivity contribution is 0.0693. The highest BCUT2D eigenvalue weighted by Crippen LogP contribution is 2.33. The fourth-order valence-electron chi connectivity index (χ4n) is 3.13. The minimum Gasteiger partial charge on any atom is -0.535 e. The van der Waals surface area contributed by atoms with Crippen molar-refractivity contribution in [1.82, 2.24) is 15.0 Å². The molecule has 8 heteroatoms. The van der Waals surface area contributed by atoms with Crippen molar-refractivity contribution in [3.63, 3.8) is 0 Å². The van der Waals surface area contributed by atoms with Crippen molar-refractivity contribution in [3.05, 3.63) is 65.4 Å². The SMILES string of the molecule is O=C(O)c1c(Cn2cc(-c3ccccc3)nn2)ccc2c1OB(O)CC2. The summed E-state index contributed by atoms with van der Waals surface area (Å²) in [5.41, 5.74) is 3.06. The van der Waals surface area contributed by atoms with Crippen LogP contribution in [0.15, 0.2) is 48.7 Å². The predicted octanol–water partition coefficient (Wildman–Crippen LogP) is 2.11. The van der Waals surface area contributed by atoms with Crippen LogP contribution < -0.4 is 4.65 Å². The quantitative estimate of drug-likeness (QED) is 0.700. The Hall–Kier alpha value is -3.13. The number of benzene rings is 2. The fraction of sp³-hybridized carbons (Fsp3) is 0.167. The summed E-state index contributed by atoms with van der Waals surface area (Å²) < 4.78 is 7.00. The Bertz CT molecular complexity index is 958. The van der Waals surface area contributed by atoms with E-state index in [4.69, 9.17) is 4.65 Å². The third kappa shape index (κ3) is 3.06. The zero-order valence-corrected chi connectivity index (χ0v) is 13.9.